The predicted octanol–water partition coefficient (Wildman–Crippen LogP) is 3.67. The molecule has 82 valence electrons. The van der Waals surface area contributed by atoms with E-state index in [1.54, 1.807) is 11.1 Å². The van der Waals surface area contributed by atoms with Gasteiger partial charge in [-0.25, -0.2) is 0 Å². The fourth-order valence-corrected chi connectivity index (χ4v) is 2.51. The quantitative estimate of drug-likeness (QED) is 0.738. The molecule has 0 saturated heterocycles. The van der Waals surface area contributed by atoms with Gasteiger partial charge in [-0.05, 0) is 60.5 Å². The van der Waals surface area contributed by atoms with Crippen LogP contribution in [0.4, 0.5) is 0 Å². The second kappa shape index (κ2) is 5.07. The highest BCUT2D eigenvalue weighted by molar-refractivity contribution is 7.80. The van der Waals surface area contributed by atoms with E-state index in [0.717, 1.165) is 5.75 Å². The van der Waals surface area contributed by atoms with Crippen LogP contribution in [-0.4, -0.2) is 5.75 Å². The van der Waals surface area contributed by atoms with Crippen LogP contribution < -0.4 is 0 Å². The van der Waals surface area contributed by atoms with Crippen LogP contribution in [0.25, 0.3) is 0 Å². The first-order valence-electron chi connectivity index (χ1n) is 6.01. The van der Waals surface area contributed by atoms with Crippen molar-refractivity contribution >= 4 is 12.6 Å². The summed E-state index contributed by atoms with van der Waals surface area (Å²) in [7, 11) is 0. The minimum Gasteiger partial charge on any atom is -0.179 e. The summed E-state index contributed by atoms with van der Waals surface area (Å²) in [5, 5.41) is 0. The number of hydrogen-bond donors (Lipinski definition) is 1. The molecule has 0 nitrogen and oxygen atoms in total. The van der Waals surface area contributed by atoms with Gasteiger partial charge in [0.05, 0.1) is 0 Å². The highest BCUT2D eigenvalue weighted by atomic mass is 32.1. The third-order valence-electron chi connectivity index (χ3n) is 3.31. The molecule has 0 spiro atoms. The van der Waals surface area contributed by atoms with Crippen molar-refractivity contribution < 1.29 is 0 Å². The lowest BCUT2D eigenvalue weighted by Crippen LogP contribution is -2.06. The number of benzene rings is 1. The molecular weight excluding hydrogens is 200 g/mol. The Morgan fingerprint density at radius 1 is 1.20 bits per heavy atom. The second-order valence-electron chi connectivity index (χ2n) is 4.80. The minimum atomic E-state index is 0.690. The fraction of sp³-hybridized carbons (Fsp3) is 0.571. The molecule has 2 rings (SSSR count). The summed E-state index contributed by atoms with van der Waals surface area (Å²) < 4.78 is 0. The molecular formula is C14H20S. The maximum atomic E-state index is 4.34. The monoisotopic (exact) mass is 220 g/mol. The molecule has 0 saturated carbocycles. The molecule has 1 heteroatoms. The normalized spacial score (nSPS) is 17.2. The lowest BCUT2D eigenvalue weighted by atomic mass is 9.89. The Hall–Kier alpha value is -0.430. The van der Waals surface area contributed by atoms with Gasteiger partial charge in [-0.1, -0.05) is 25.1 Å². The van der Waals surface area contributed by atoms with Crippen LogP contribution in [0.3, 0.4) is 0 Å². The molecule has 0 heterocycles. The summed E-state index contributed by atoms with van der Waals surface area (Å²) in [4.78, 5) is 0. The van der Waals surface area contributed by atoms with Gasteiger partial charge in [0.25, 0.3) is 0 Å². The predicted molar refractivity (Wildman–Crippen MR) is 69.8 cm³/mol. The zero-order valence-electron chi connectivity index (χ0n) is 9.50. The molecule has 1 aromatic rings. The number of fused-ring (bicyclic) bond motifs is 1. The largest absolute Gasteiger partial charge is 0.179 e. The van der Waals surface area contributed by atoms with Crippen LogP contribution in [-0.2, 0) is 19.3 Å². The van der Waals surface area contributed by atoms with E-state index in [-0.39, 0.29) is 0 Å². The molecule has 0 aliphatic heterocycles. The van der Waals surface area contributed by atoms with Gasteiger partial charge >= 0.3 is 0 Å². The number of rotatable bonds is 3. The Bertz CT molecular complexity index is 330. The minimum absolute atomic E-state index is 0.690. The van der Waals surface area contributed by atoms with E-state index in [1.807, 2.05) is 0 Å². The van der Waals surface area contributed by atoms with Gasteiger partial charge in [0.2, 0.25) is 0 Å². The van der Waals surface area contributed by atoms with E-state index in [9.17, 15) is 0 Å². The van der Waals surface area contributed by atoms with Crippen molar-refractivity contribution in [2.45, 2.75) is 39.0 Å². The van der Waals surface area contributed by atoms with Gasteiger partial charge in [-0.3, -0.25) is 0 Å². The van der Waals surface area contributed by atoms with Crippen LogP contribution >= 0.6 is 12.6 Å². The van der Waals surface area contributed by atoms with E-state index in [0.29, 0.717) is 5.92 Å². The maximum absolute atomic E-state index is 4.34. The molecule has 0 N–H and O–H groups in total. The molecule has 1 unspecified atom stereocenters. The van der Waals surface area contributed by atoms with Crippen LogP contribution in [0.15, 0.2) is 18.2 Å². The summed E-state index contributed by atoms with van der Waals surface area (Å²) in [5.74, 6) is 1.67. The van der Waals surface area contributed by atoms with Crippen molar-refractivity contribution in [3.05, 3.63) is 34.9 Å². The van der Waals surface area contributed by atoms with Gasteiger partial charge in [0.15, 0.2) is 0 Å². The Kier molecular flexibility index (Phi) is 3.74. The van der Waals surface area contributed by atoms with Crippen molar-refractivity contribution in [3.63, 3.8) is 0 Å². The second-order valence-corrected chi connectivity index (χ2v) is 5.17. The summed E-state index contributed by atoms with van der Waals surface area (Å²) in [5.41, 5.74) is 4.69. The topological polar surface area (TPSA) is 0 Å². The average molecular weight is 220 g/mol. The van der Waals surface area contributed by atoms with E-state index in [1.165, 1.54) is 37.7 Å². The van der Waals surface area contributed by atoms with E-state index in [4.69, 9.17) is 0 Å². The molecule has 0 aromatic heterocycles. The smallest absolute Gasteiger partial charge is 0.00690 e. The summed E-state index contributed by atoms with van der Waals surface area (Å²) in [6.07, 6.45) is 6.50. The SMILES string of the molecule is CC(CS)Cc1ccc2c(c1)CCCC2. The molecule has 0 radical (unpaired) electrons. The third-order valence-corrected chi connectivity index (χ3v) is 3.93. The molecule has 1 atom stereocenters. The zero-order chi connectivity index (χ0) is 10.7. The Labute approximate surface area is 98.5 Å². The number of aryl methyl sites for hydroxylation is 2. The summed E-state index contributed by atoms with van der Waals surface area (Å²) in [6.45, 7) is 2.27. The van der Waals surface area contributed by atoms with Crippen LogP contribution in [0.1, 0.15) is 36.5 Å². The highest BCUT2D eigenvalue weighted by Gasteiger charge is 2.10. The van der Waals surface area contributed by atoms with E-state index in [2.05, 4.69) is 37.8 Å². The molecule has 0 amide bonds. The van der Waals surface area contributed by atoms with Gasteiger partial charge in [0, 0.05) is 0 Å². The first kappa shape index (κ1) is 11.1. The molecule has 0 fully saturated rings. The van der Waals surface area contributed by atoms with Gasteiger partial charge < -0.3 is 0 Å². The zero-order valence-corrected chi connectivity index (χ0v) is 10.4. The highest BCUT2D eigenvalue weighted by Crippen LogP contribution is 2.23. The molecule has 1 aromatic carbocycles. The first-order chi connectivity index (χ1) is 7.29. The number of thiol groups is 1. The van der Waals surface area contributed by atoms with Crippen LogP contribution in [0, 0.1) is 5.92 Å². The first-order valence-corrected chi connectivity index (χ1v) is 6.64. The van der Waals surface area contributed by atoms with E-state index >= 15 is 0 Å². The van der Waals surface area contributed by atoms with Crippen molar-refractivity contribution in [1.29, 1.82) is 0 Å². The lowest BCUT2D eigenvalue weighted by Gasteiger charge is -2.17. The number of hydrogen-bond acceptors (Lipinski definition) is 1. The van der Waals surface area contributed by atoms with Crippen molar-refractivity contribution in [1.82, 2.24) is 0 Å². The Morgan fingerprint density at radius 2 is 1.93 bits per heavy atom. The summed E-state index contributed by atoms with van der Waals surface area (Å²) >= 11 is 4.34. The maximum Gasteiger partial charge on any atom is -0.00690 e. The van der Waals surface area contributed by atoms with Gasteiger partial charge in [0.1, 0.15) is 0 Å². The Balaban J connectivity index is 2.13. The van der Waals surface area contributed by atoms with Crippen molar-refractivity contribution in [3.8, 4) is 0 Å². The lowest BCUT2D eigenvalue weighted by molar-refractivity contribution is 0.652. The molecule has 0 bridgehead atoms. The molecule has 15 heavy (non-hydrogen) atoms. The summed E-state index contributed by atoms with van der Waals surface area (Å²) in [6, 6.07) is 7.08. The van der Waals surface area contributed by atoms with Gasteiger partial charge in [-0.15, -0.1) is 0 Å². The Morgan fingerprint density at radius 3 is 2.67 bits per heavy atom. The van der Waals surface area contributed by atoms with Crippen molar-refractivity contribution in [2.24, 2.45) is 5.92 Å². The third kappa shape index (κ3) is 2.78. The average Bonchev–Trinajstić information content (AvgIpc) is 2.29. The fourth-order valence-electron chi connectivity index (χ4n) is 2.38. The van der Waals surface area contributed by atoms with E-state index < -0.39 is 0 Å². The van der Waals surface area contributed by atoms with Crippen LogP contribution in [0.2, 0.25) is 0 Å². The van der Waals surface area contributed by atoms with Crippen LogP contribution in [0.5, 0.6) is 0 Å². The molecule has 1 aliphatic rings. The van der Waals surface area contributed by atoms with Crippen molar-refractivity contribution in [2.75, 3.05) is 5.75 Å². The molecule has 1 aliphatic carbocycles. The van der Waals surface area contributed by atoms with Gasteiger partial charge in [-0.2, -0.15) is 12.6 Å². The standard InChI is InChI=1S/C14H20S/c1-11(10-15)8-12-6-7-13-4-2-3-5-14(13)9-12/h6-7,9,11,15H,2-5,8,10H2,1H3.